The van der Waals surface area contributed by atoms with Gasteiger partial charge in [-0.2, -0.15) is 0 Å². The topological polar surface area (TPSA) is 55.8 Å². The molecule has 0 atom stereocenters. The first-order chi connectivity index (χ1) is 18.0. The van der Waals surface area contributed by atoms with Crippen molar-refractivity contribution >= 4 is 23.2 Å². The van der Waals surface area contributed by atoms with Crippen LogP contribution in [0.1, 0.15) is 68.9 Å². The number of nitrogens with zero attached hydrogens (tertiary/aromatic N) is 1. The Morgan fingerprint density at radius 2 is 1.59 bits per heavy atom. The number of ether oxygens (including phenoxy) is 2. The number of Topliss-reactive ketones (excluding diaryl/α,β-unsaturated/α-hetero) is 2. The van der Waals surface area contributed by atoms with Gasteiger partial charge < -0.3 is 14.4 Å². The average Bonchev–Trinajstić information content (AvgIpc) is 2.91. The van der Waals surface area contributed by atoms with Gasteiger partial charge in [0, 0.05) is 47.8 Å². The number of methoxy groups -OCH3 is 1. The SMILES string of the molecule is CCCOc1c(Cl)cc(C2C3=C(CCCC3=O)N(CCc3ccccc3)C3=C2C(=O)CCC3)cc1OC. The average molecular weight is 520 g/mol. The molecule has 0 radical (unpaired) electrons. The van der Waals surface area contributed by atoms with Crippen LogP contribution in [0, 0.1) is 0 Å². The zero-order chi connectivity index (χ0) is 25.9. The van der Waals surface area contributed by atoms with Crippen molar-refractivity contribution in [2.45, 2.75) is 64.2 Å². The van der Waals surface area contributed by atoms with Gasteiger partial charge in [-0.3, -0.25) is 9.59 Å². The van der Waals surface area contributed by atoms with Gasteiger partial charge in [-0.15, -0.1) is 0 Å². The van der Waals surface area contributed by atoms with Crippen molar-refractivity contribution in [2.75, 3.05) is 20.3 Å². The fourth-order valence-electron chi connectivity index (χ4n) is 5.96. The van der Waals surface area contributed by atoms with Crippen LogP contribution in [0.4, 0.5) is 0 Å². The summed E-state index contributed by atoms with van der Waals surface area (Å²) in [7, 11) is 1.59. The van der Waals surface area contributed by atoms with Gasteiger partial charge in [-0.1, -0.05) is 48.9 Å². The number of carbonyl (C=O) groups is 2. The molecule has 2 aromatic carbocycles. The van der Waals surface area contributed by atoms with Gasteiger partial charge in [-0.05, 0) is 61.8 Å². The number of hydrogen-bond donors (Lipinski definition) is 0. The van der Waals surface area contributed by atoms with Crippen LogP contribution in [-0.2, 0) is 16.0 Å². The summed E-state index contributed by atoms with van der Waals surface area (Å²) in [6, 6.07) is 14.1. The van der Waals surface area contributed by atoms with Gasteiger partial charge >= 0.3 is 0 Å². The van der Waals surface area contributed by atoms with E-state index in [-0.39, 0.29) is 11.6 Å². The van der Waals surface area contributed by atoms with Crippen LogP contribution in [-0.4, -0.2) is 36.7 Å². The highest BCUT2D eigenvalue weighted by molar-refractivity contribution is 6.32. The molecule has 0 bridgehead atoms. The van der Waals surface area contributed by atoms with Crippen molar-refractivity contribution in [2.24, 2.45) is 0 Å². The molecule has 37 heavy (non-hydrogen) atoms. The van der Waals surface area contributed by atoms with E-state index in [4.69, 9.17) is 21.1 Å². The van der Waals surface area contributed by atoms with Gasteiger partial charge in [0.1, 0.15) is 0 Å². The monoisotopic (exact) mass is 519 g/mol. The highest BCUT2D eigenvalue weighted by Gasteiger charge is 2.43. The van der Waals surface area contributed by atoms with Crippen LogP contribution in [0.5, 0.6) is 11.5 Å². The van der Waals surface area contributed by atoms with Gasteiger partial charge in [0.25, 0.3) is 0 Å². The lowest BCUT2D eigenvalue weighted by atomic mass is 9.71. The molecule has 1 heterocycles. The fraction of sp³-hybridized carbons (Fsp3) is 0.419. The van der Waals surface area contributed by atoms with E-state index in [1.807, 2.05) is 25.1 Å². The third-order valence-electron chi connectivity index (χ3n) is 7.59. The largest absolute Gasteiger partial charge is 0.493 e. The molecule has 3 aliphatic rings. The minimum Gasteiger partial charge on any atom is -0.493 e. The van der Waals surface area contributed by atoms with E-state index in [1.165, 1.54) is 5.56 Å². The van der Waals surface area contributed by atoms with E-state index >= 15 is 0 Å². The number of benzene rings is 2. The maximum atomic E-state index is 13.6. The molecule has 2 aliphatic carbocycles. The summed E-state index contributed by atoms with van der Waals surface area (Å²) >= 11 is 6.72. The van der Waals surface area contributed by atoms with Crippen molar-refractivity contribution in [1.29, 1.82) is 0 Å². The van der Waals surface area contributed by atoms with Crippen LogP contribution >= 0.6 is 11.6 Å². The number of ketones is 2. The Bertz CT molecular complexity index is 1220. The van der Waals surface area contributed by atoms with Gasteiger partial charge in [0.05, 0.1) is 18.7 Å². The summed E-state index contributed by atoms with van der Waals surface area (Å²) in [4.78, 5) is 29.4. The van der Waals surface area contributed by atoms with E-state index in [1.54, 1.807) is 7.11 Å². The van der Waals surface area contributed by atoms with Gasteiger partial charge in [-0.25, -0.2) is 0 Å². The zero-order valence-electron chi connectivity index (χ0n) is 21.6. The van der Waals surface area contributed by atoms with E-state index in [0.29, 0.717) is 36.0 Å². The Labute approximate surface area is 224 Å². The standard InChI is InChI=1S/C31H34ClNO4/c1-3-17-37-31-22(32)18-21(19-27(31)36-2)28-29-23(11-7-13-25(29)34)33(16-15-20-9-5-4-6-10-20)24-12-8-14-26(35)30(24)28/h4-6,9-10,18-19,28H,3,7-8,11-17H2,1-2H3. The molecular formula is C31H34ClNO4. The van der Waals surface area contributed by atoms with Crippen LogP contribution in [0.25, 0.3) is 0 Å². The summed E-state index contributed by atoms with van der Waals surface area (Å²) in [5.41, 5.74) is 5.73. The lowest BCUT2D eigenvalue weighted by Crippen LogP contribution is -2.40. The van der Waals surface area contributed by atoms with Crippen LogP contribution in [0.3, 0.4) is 0 Å². The minimum atomic E-state index is -0.426. The van der Waals surface area contributed by atoms with Crippen molar-refractivity contribution in [3.8, 4) is 11.5 Å². The normalized spacial score (nSPS) is 18.2. The summed E-state index contributed by atoms with van der Waals surface area (Å²) in [5, 5.41) is 0.435. The third kappa shape index (κ3) is 4.94. The number of rotatable bonds is 8. The maximum absolute atomic E-state index is 13.6. The Morgan fingerprint density at radius 1 is 0.946 bits per heavy atom. The smallest absolute Gasteiger partial charge is 0.179 e. The van der Waals surface area contributed by atoms with E-state index in [2.05, 4.69) is 29.2 Å². The second-order valence-electron chi connectivity index (χ2n) is 9.98. The highest BCUT2D eigenvalue weighted by Crippen LogP contribution is 2.51. The van der Waals surface area contributed by atoms with E-state index in [0.717, 1.165) is 73.2 Å². The summed E-state index contributed by atoms with van der Waals surface area (Å²) in [6.07, 6.45) is 6.03. The molecule has 194 valence electrons. The number of halogens is 1. The molecular weight excluding hydrogens is 486 g/mol. The molecule has 0 saturated heterocycles. The minimum absolute atomic E-state index is 0.127. The van der Waals surface area contributed by atoms with Crippen molar-refractivity contribution in [3.05, 3.63) is 81.2 Å². The molecule has 0 amide bonds. The molecule has 0 unspecified atom stereocenters. The Kier molecular flexibility index (Phi) is 7.71. The summed E-state index contributed by atoms with van der Waals surface area (Å²) in [6.45, 7) is 3.31. The molecule has 1 aliphatic heterocycles. The molecule has 0 aromatic heterocycles. The Balaban J connectivity index is 1.63. The molecule has 5 nitrogen and oxygen atoms in total. The van der Waals surface area contributed by atoms with Crippen LogP contribution in [0.2, 0.25) is 5.02 Å². The molecule has 2 aromatic rings. The lowest BCUT2D eigenvalue weighted by molar-refractivity contribution is -0.117. The first-order valence-electron chi connectivity index (χ1n) is 13.4. The van der Waals surface area contributed by atoms with Crippen molar-refractivity contribution < 1.29 is 19.1 Å². The Hall–Kier alpha value is -3.05. The predicted molar refractivity (Wildman–Crippen MR) is 145 cm³/mol. The van der Waals surface area contributed by atoms with Crippen LogP contribution in [0.15, 0.2) is 65.0 Å². The fourth-order valence-corrected chi connectivity index (χ4v) is 6.23. The Morgan fingerprint density at radius 3 is 2.19 bits per heavy atom. The van der Waals surface area contributed by atoms with E-state index in [9.17, 15) is 9.59 Å². The van der Waals surface area contributed by atoms with Crippen molar-refractivity contribution in [3.63, 3.8) is 0 Å². The highest BCUT2D eigenvalue weighted by atomic mass is 35.5. The second-order valence-corrected chi connectivity index (χ2v) is 10.4. The molecule has 0 spiro atoms. The third-order valence-corrected chi connectivity index (χ3v) is 7.87. The lowest BCUT2D eigenvalue weighted by Gasteiger charge is -2.44. The summed E-state index contributed by atoms with van der Waals surface area (Å²) < 4.78 is 11.5. The predicted octanol–water partition coefficient (Wildman–Crippen LogP) is 6.79. The molecule has 0 fully saturated rings. The second kappa shape index (κ2) is 11.1. The first-order valence-corrected chi connectivity index (χ1v) is 13.8. The first kappa shape index (κ1) is 25.6. The molecule has 5 rings (SSSR count). The maximum Gasteiger partial charge on any atom is 0.179 e. The number of carbonyl (C=O) groups excluding carboxylic acids is 2. The molecule has 0 N–H and O–H groups in total. The molecule has 6 heteroatoms. The summed E-state index contributed by atoms with van der Waals surface area (Å²) in [5.74, 6) is 0.858. The number of hydrogen-bond acceptors (Lipinski definition) is 5. The quantitative estimate of drug-likeness (QED) is 0.384. The zero-order valence-corrected chi connectivity index (χ0v) is 22.4. The van der Waals surface area contributed by atoms with Gasteiger partial charge in [0.15, 0.2) is 23.1 Å². The van der Waals surface area contributed by atoms with E-state index < -0.39 is 5.92 Å². The van der Waals surface area contributed by atoms with Crippen molar-refractivity contribution in [1.82, 2.24) is 4.90 Å². The van der Waals surface area contributed by atoms with Gasteiger partial charge in [0.2, 0.25) is 0 Å². The molecule has 0 saturated carbocycles. The van der Waals surface area contributed by atoms with Crippen LogP contribution < -0.4 is 9.47 Å². The number of allylic oxidation sites excluding steroid dienone is 4.